The van der Waals surface area contributed by atoms with Crippen LogP contribution in [0, 0.1) is 5.92 Å². The molecule has 1 aromatic rings. The molecule has 5 atom stereocenters. The number of carboxylic acid groups (broad SMARTS) is 3. The molecule has 2 aliphatic heterocycles. The van der Waals surface area contributed by atoms with E-state index >= 15 is 0 Å². The minimum Gasteiger partial charge on any atom is -0.504 e. The van der Waals surface area contributed by atoms with Gasteiger partial charge in [0.25, 0.3) is 0 Å². The highest BCUT2D eigenvalue weighted by Gasteiger charge is 2.72. The largest absolute Gasteiger partial charge is 0.504 e. The van der Waals surface area contributed by atoms with Gasteiger partial charge in [0.05, 0.1) is 30.0 Å². The van der Waals surface area contributed by atoms with Crippen LogP contribution in [0.3, 0.4) is 0 Å². The van der Waals surface area contributed by atoms with E-state index in [0.29, 0.717) is 18.6 Å². The Labute approximate surface area is 224 Å². The zero-order valence-corrected chi connectivity index (χ0v) is 21.5. The summed E-state index contributed by atoms with van der Waals surface area (Å²) in [7, 11) is 0. The molecule has 3 fully saturated rings. The fraction of sp³-hybridized carbons (Fsp3) is 0.667. The number of hydrogen-bond donors (Lipinski definition) is 7. The molecule has 1 saturated heterocycles. The van der Waals surface area contributed by atoms with Crippen LogP contribution in [0.5, 0.6) is 11.5 Å². The van der Waals surface area contributed by atoms with Gasteiger partial charge < -0.3 is 40.5 Å². The number of likely N-dealkylation sites (tertiary alicyclic amines) is 1. The van der Waals surface area contributed by atoms with E-state index in [4.69, 9.17) is 25.2 Å². The number of aliphatic hydroxyl groups is 3. The van der Waals surface area contributed by atoms with Gasteiger partial charge in [-0.1, -0.05) is 12.5 Å². The summed E-state index contributed by atoms with van der Waals surface area (Å²) in [4.78, 5) is 33.0. The number of aliphatic hydroxyl groups excluding tert-OH is 1. The molecule has 0 amide bonds. The van der Waals surface area contributed by atoms with E-state index in [-0.39, 0.29) is 11.8 Å². The number of phenolic OH excluding ortho intramolecular Hbond substituents is 1. The molecule has 0 aromatic heterocycles. The molecule has 3 aliphatic carbocycles. The van der Waals surface area contributed by atoms with E-state index in [1.807, 2.05) is 6.07 Å². The first-order valence-corrected chi connectivity index (χ1v) is 13.4. The van der Waals surface area contributed by atoms with Crippen LogP contribution in [0.2, 0.25) is 0 Å². The Hall–Kier alpha value is -2.93. The average molecular weight is 550 g/mol. The minimum atomic E-state index is -2.74. The number of carbonyl (C=O) groups is 3. The van der Waals surface area contributed by atoms with E-state index in [0.717, 1.165) is 37.4 Å². The van der Waals surface area contributed by atoms with Crippen molar-refractivity contribution in [3.63, 3.8) is 0 Å². The van der Waals surface area contributed by atoms with Crippen LogP contribution in [0.25, 0.3) is 0 Å². The molecular formula is C27H35NO11. The van der Waals surface area contributed by atoms with Crippen molar-refractivity contribution in [3.05, 3.63) is 23.3 Å². The highest BCUT2D eigenvalue weighted by atomic mass is 16.5. The van der Waals surface area contributed by atoms with Crippen molar-refractivity contribution in [3.8, 4) is 11.5 Å². The third kappa shape index (κ3) is 4.24. The normalized spacial score (nSPS) is 32.6. The topological polar surface area (TPSA) is 205 Å². The molecule has 12 heteroatoms. The van der Waals surface area contributed by atoms with Crippen molar-refractivity contribution >= 4 is 17.9 Å². The Morgan fingerprint density at radius 3 is 2.28 bits per heavy atom. The minimum absolute atomic E-state index is 0.0819. The van der Waals surface area contributed by atoms with Gasteiger partial charge in [-0.05, 0) is 62.6 Å². The smallest absolute Gasteiger partial charge is 0.336 e. The molecule has 39 heavy (non-hydrogen) atoms. The number of nitrogens with zero attached hydrogens (tertiary/aromatic N) is 1. The van der Waals surface area contributed by atoms with Gasteiger partial charge in [0.2, 0.25) is 0 Å². The molecule has 0 unspecified atom stereocenters. The quantitative estimate of drug-likeness (QED) is 0.248. The molecule has 5 aliphatic rings. The van der Waals surface area contributed by atoms with Crippen molar-refractivity contribution in [1.29, 1.82) is 0 Å². The van der Waals surface area contributed by atoms with Gasteiger partial charge in [-0.3, -0.25) is 14.5 Å². The van der Waals surface area contributed by atoms with E-state index < -0.39 is 59.6 Å². The Bertz CT molecular complexity index is 1170. The maximum atomic E-state index is 12.1. The molecule has 2 heterocycles. The standard InChI is InChI=1S/C21H27NO4.C6H8O7/c23-14-5-4-13-10-16-21(25)7-6-15(24)19-20(21,17(13)18(14)26-19)8-9-22(16)11-12-2-1-3-12;7-3(8)1-6(13,5(11)12)2-4(9)10/h4-5,12,15-16,19,23-25H,1-3,6-11H2;13H,1-2H2,(H,7,8)(H,9,10)(H,11,12)/t15-,16+,19-,20-,21+;/m0./s1. The van der Waals surface area contributed by atoms with E-state index in [9.17, 15) is 29.7 Å². The van der Waals surface area contributed by atoms with Crippen LogP contribution in [0.1, 0.15) is 62.5 Å². The molecule has 7 N–H and O–H groups in total. The highest BCUT2D eigenvalue weighted by Crippen LogP contribution is 2.65. The Morgan fingerprint density at radius 1 is 1.05 bits per heavy atom. The monoisotopic (exact) mass is 549 g/mol. The summed E-state index contributed by atoms with van der Waals surface area (Å²) in [6, 6.07) is 3.80. The number of phenols is 1. The number of aromatic hydroxyl groups is 1. The first-order chi connectivity index (χ1) is 18.3. The summed E-state index contributed by atoms with van der Waals surface area (Å²) in [6.07, 6.45) is 3.39. The number of hydrogen-bond acceptors (Lipinski definition) is 9. The van der Waals surface area contributed by atoms with Gasteiger partial charge in [-0.15, -0.1) is 0 Å². The predicted octanol–water partition coefficient (Wildman–Crippen LogP) is 0.459. The molecule has 6 rings (SSSR count). The van der Waals surface area contributed by atoms with E-state index in [1.165, 1.54) is 24.8 Å². The number of benzene rings is 1. The molecular weight excluding hydrogens is 514 g/mol. The fourth-order valence-corrected chi connectivity index (χ4v) is 7.54. The van der Waals surface area contributed by atoms with Crippen LogP contribution < -0.4 is 4.74 Å². The number of aliphatic carboxylic acids is 3. The molecule has 214 valence electrons. The number of carboxylic acids is 3. The fourth-order valence-electron chi connectivity index (χ4n) is 7.54. The lowest BCUT2D eigenvalue weighted by Gasteiger charge is -2.64. The SMILES string of the molecule is O=C(O)CC(O)(CC(=O)O)C(=O)O.Oc1ccc2c3c1O[C@H]1[C@@H](O)CC[C@@]4(O)[C@@H](C2)N(CC2CCC2)CC[C@]314. The maximum Gasteiger partial charge on any atom is 0.336 e. The zero-order valence-electron chi connectivity index (χ0n) is 21.5. The lowest BCUT2D eigenvalue weighted by atomic mass is 9.48. The second-order valence-electron chi connectivity index (χ2n) is 11.7. The van der Waals surface area contributed by atoms with Crippen LogP contribution in [-0.4, -0.2) is 101 Å². The molecule has 0 radical (unpaired) electrons. The Balaban J connectivity index is 0.000000204. The van der Waals surface area contributed by atoms with Gasteiger partial charge in [-0.25, -0.2) is 4.79 Å². The summed E-state index contributed by atoms with van der Waals surface area (Å²) in [5, 5.41) is 67.0. The highest BCUT2D eigenvalue weighted by molar-refractivity contribution is 5.88. The summed E-state index contributed by atoms with van der Waals surface area (Å²) in [6.45, 7) is 2.02. The molecule has 1 spiro atoms. The molecule has 1 aromatic carbocycles. The van der Waals surface area contributed by atoms with Crippen LogP contribution in [-0.2, 0) is 26.2 Å². The van der Waals surface area contributed by atoms with Crippen molar-refractivity contribution in [2.24, 2.45) is 5.92 Å². The van der Waals surface area contributed by atoms with Gasteiger partial charge in [0.15, 0.2) is 17.1 Å². The van der Waals surface area contributed by atoms with E-state index in [1.54, 1.807) is 6.07 Å². The predicted molar refractivity (Wildman–Crippen MR) is 133 cm³/mol. The molecule has 2 bridgehead atoms. The lowest BCUT2D eigenvalue weighted by Crippen LogP contribution is -2.77. The number of piperidine rings is 1. The Morgan fingerprint density at radius 2 is 1.72 bits per heavy atom. The third-order valence-electron chi connectivity index (χ3n) is 9.54. The van der Waals surface area contributed by atoms with Gasteiger partial charge in [0, 0.05) is 18.2 Å². The third-order valence-corrected chi connectivity index (χ3v) is 9.54. The Kier molecular flexibility index (Phi) is 6.81. The summed E-state index contributed by atoms with van der Waals surface area (Å²) in [5.74, 6) is -3.60. The second kappa shape index (κ2) is 9.61. The van der Waals surface area contributed by atoms with Crippen LogP contribution in [0.15, 0.2) is 12.1 Å². The van der Waals surface area contributed by atoms with Gasteiger partial charge >= 0.3 is 17.9 Å². The lowest BCUT2D eigenvalue weighted by molar-refractivity contribution is -0.209. The van der Waals surface area contributed by atoms with Crippen molar-refractivity contribution < 1.29 is 54.9 Å². The van der Waals surface area contributed by atoms with Crippen molar-refractivity contribution in [2.45, 2.75) is 92.7 Å². The first-order valence-electron chi connectivity index (χ1n) is 13.4. The number of ether oxygens (including phenoxy) is 1. The van der Waals surface area contributed by atoms with Crippen molar-refractivity contribution in [2.75, 3.05) is 13.1 Å². The molecule has 12 nitrogen and oxygen atoms in total. The summed E-state index contributed by atoms with van der Waals surface area (Å²) >= 11 is 0. The average Bonchev–Trinajstić information content (AvgIpc) is 3.17. The zero-order chi connectivity index (χ0) is 28.3. The van der Waals surface area contributed by atoms with Crippen LogP contribution >= 0.6 is 0 Å². The van der Waals surface area contributed by atoms with Gasteiger partial charge in [-0.2, -0.15) is 0 Å². The van der Waals surface area contributed by atoms with Gasteiger partial charge in [0.1, 0.15) is 6.10 Å². The van der Waals surface area contributed by atoms with E-state index in [2.05, 4.69) is 4.90 Å². The maximum absolute atomic E-state index is 12.1. The molecule has 2 saturated carbocycles. The van der Waals surface area contributed by atoms with Crippen LogP contribution in [0.4, 0.5) is 0 Å². The second-order valence-corrected chi connectivity index (χ2v) is 11.7. The number of rotatable bonds is 7. The first kappa shape index (κ1) is 27.6. The van der Waals surface area contributed by atoms with Crippen molar-refractivity contribution in [1.82, 2.24) is 4.90 Å². The summed E-state index contributed by atoms with van der Waals surface area (Å²) < 4.78 is 6.16. The summed E-state index contributed by atoms with van der Waals surface area (Å²) in [5.41, 5.74) is -2.03.